The van der Waals surface area contributed by atoms with E-state index in [0.717, 1.165) is 16.5 Å². The molecule has 2 heterocycles. The lowest BCUT2D eigenvalue weighted by molar-refractivity contribution is -0.126. The topological polar surface area (TPSA) is 68.3 Å². The number of ether oxygens (including phenoxy) is 2. The normalized spacial score (nSPS) is 21.2. The van der Waals surface area contributed by atoms with E-state index in [4.69, 9.17) is 14.3 Å². The van der Waals surface area contributed by atoms with Gasteiger partial charge in [0.1, 0.15) is 12.0 Å². The van der Waals surface area contributed by atoms with Crippen LogP contribution in [0.1, 0.15) is 11.6 Å². The maximum atomic E-state index is 14.1. The molecule has 0 saturated carbocycles. The molecule has 2 amide bonds. The molecule has 36 heavy (non-hydrogen) atoms. The lowest BCUT2D eigenvalue weighted by atomic mass is 9.89. The Hall–Kier alpha value is -4.36. The van der Waals surface area contributed by atoms with Crippen molar-refractivity contribution in [1.82, 2.24) is 0 Å². The average Bonchev–Trinajstić information content (AvgIpc) is 3.43. The summed E-state index contributed by atoms with van der Waals surface area (Å²) in [7, 11) is 3.13. The van der Waals surface area contributed by atoms with Crippen molar-refractivity contribution >= 4 is 34.0 Å². The average molecular weight is 481 g/mol. The predicted octanol–water partition coefficient (Wildman–Crippen LogP) is 4.91. The zero-order valence-corrected chi connectivity index (χ0v) is 19.8. The first-order chi connectivity index (χ1) is 17.6. The molecule has 0 unspecified atom stereocenters. The number of carbonyl (C=O) groups is 2. The SMILES string of the molecule is COc1cccc([C@H]2[C@@H]3C(=O)N(c4cccc5ccccc45)C(=O)[C@@H]3ON2c2ccccc2)c1OC. The minimum absolute atomic E-state index is 0.311. The minimum Gasteiger partial charge on any atom is -0.493 e. The van der Waals surface area contributed by atoms with Crippen molar-refractivity contribution in [2.45, 2.75) is 12.1 Å². The molecule has 4 aromatic rings. The highest BCUT2D eigenvalue weighted by Crippen LogP contribution is 2.51. The van der Waals surface area contributed by atoms with E-state index in [-0.39, 0.29) is 11.8 Å². The van der Waals surface area contributed by atoms with E-state index in [1.54, 1.807) is 31.4 Å². The molecule has 7 heteroatoms. The van der Waals surface area contributed by atoms with Crippen LogP contribution in [0.4, 0.5) is 11.4 Å². The number of imide groups is 1. The third-order valence-corrected chi connectivity index (χ3v) is 6.89. The van der Waals surface area contributed by atoms with Crippen LogP contribution in [-0.4, -0.2) is 32.1 Å². The van der Waals surface area contributed by atoms with Gasteiger partial charge in [0.2, 0.25) is 5.91 Å². The number of fused-ring (bicyclic) bond motifs is 2. The molecule has 2 fully saturated rings. The van der Waals surface area contributed by atoms with Gasteiger partial charge in [-0.1, -0.05) is 66.7 Å². The minimum atomic E-state index is -0.974. The predicted molar refractivity (Wildman–Crippen MR) is 136 cm³/mol. The number of hydrogen-bond donors (Lipinski definition) is 0. The molecule has 0 aromatic heterocycles. The van der Waals surface area contributed by atoms with E-state index >= 15 is 0 Å². The smallest absolute Gasteiger partial charge is 0.266 e. The van der Waals surface area contributed by atoms with Crippen LogP contribution in [0, 0.1) is 5.92 Å². The Labute approximate surface area is 208 Å². The molecule has 0 bridgehead atoms. The number of hydroxylamine groups is 1. The van der Waals surface area contributed by atoms with Crippen LogP contribution < -0.4 is 19.4 Å². The summed E-state index contributed by atoms with van der Waals surface area (Å²) in [6.07, 6.45) is -0.974. The summed E-state index contributed by atoms with van der Waals surface area (Å²) >= 11 is 0. The summed E-state index contributed by atoms with van der Waals surface area (Å²) in [5.74, 6) is -0.438. The van der Waals surface area contributed by atoms with Gasteiger partial charge in [0.15, 0.2) is 17.6 Å². The summed E-state index contributed by atoms with van der Waals surface area (Å²) in [5.41, 5.74) is 2.00. The fourth-order valence-electron chi connectivity index (χ4n) is 5.31. The molecule has 6 rings (SSSR count). The van der Waals surface area contributed by atoms with Gasteiger partial charge in [-0.05, 0) is 29.7 Å². The summed E-state index contributed by atoms with van der Waals surface area (Å²) in [5, 5.41) is 3.44. The highest BCUT2D eigenvalue weighted by molar-refractivity contribution is 6.26. The molecule has 4 aromatic carbocycles. The van der Waals surface area contributed by atoms with E-state index in [1.165, 1.54) is 4.90 Å². The Balaban J connectivity index is 1.50. The van der Waals surface area contributed by atoms with Crippen molar-refractivity contribution in [3.63, 3.8) is 0 Å². The molecule has 2 aliphatic rings. The summed E-state index contributed by atoms with van der Waals surface area (Å²) in [6, 6.07) is 27.7. The van der Waals surface area contributed by atoms with Gasteiger partial charge in [-0.3, -0.25) is 14.4 Å². The van der Waals surface area contributed by atoms with Gasteiger partial charge in [0.25, 0.3) is 5.91 Å². The van der Waals surface area contributed by atoms with Crippen molar-refractivity contribution in [3.8, 4) is 11.5 Å². The number of para-hydroxylation sites is 2. The quantitative estimate of drug-likeness (QED) is 0.378. The van der Waals surface area contributed by atoms with Crippen LogP contribution in [0.2, 0.25) is 0 Å². The molecule has 3 atom stereocenters. The van der Waals surface area contributed by atoms with E-state index in [9.17, 15) is 9.59 Å². The Morgan fingerprint density at radius 1 is 0.750 bits per heavy atom. The Morgan fingerprint density at radius 3 is 2.25 bits per heavy atom. The molecule has 0 N–H and O–H groups in total. The number of carbonyl (C=O) groups excluding carboxylic acids is 2. The highest BCUT2D eigenvalue weighted by Gasteiger charge is 2.61. The van der Waals surface area contributed by atoms with E-state index in [2.05, 4.69) is 0 Å². The second-order valence-electron chi connectivity index (χ2n) is 8.75. The van der Waals surface area contributed by atoms with Gasteiger partial charge in [-0.25, -0.2) is 9.96 Å². The zero-order valence-electron chi connectivity index (χ0n) is 19.8. The fourth-order valence-corrected chi connectivity index (χ4v) is 5.31. The molecule has 180 valence electrons. The molecule has 2 saturated heterocycles. The van der Waals surface area contributed by atoms with Gasteiger partial charge in [-0.15, -0.1) is 0 Å². The van der Waals surface area contributed by atoms with Gasteiger partial charge in [0.05, 0.1) is 25.6 Å². The monoisotopic (exact) mass is 480 g/mol. The van der Waals surface area contributed by atoms with Crippen LogP contribution in [0.15, 0.2) is 91.0 Å². The van der Waals surface area contributed by atoms with Crippen molar-refractivity contribution in [2.24, 2.45) is 5.92 Å². The van der Waals surface area contributed by atoms with Crippen LogP contribution in [0.5, 0.6) is 11.5 Å². The first kappa shape index (κ1) is 22.1. The zero-order chi connectivity index (χ0) is 24.8. The second-order valence-corrected chi connectivity index (χ2v) is 8.75. The van der Waals surface area contributed by atoms with Crippen LogP contribution in [0.25, 0.3) is 10.8 Å². The van der Waals surface area contributed by atoms with Crippen LogP contribution >= 0.6 is 0 Å². The highest BCUT2D eigenvalue weighted by atomic mass is 16.7. The molecule has 2 aliphatic heterocycles. The number of anilines is 2. The Kier molecular flexibility index (Phi) is 5.34. The fraction of sp³-hybridized carbons (Fsp3) is 0.172. The Bertz CT molecular complexity index is 1470. The maximum absolute atomic E-state index is 14.1. The number of benzene rings is 4. The number of methoxy groups -OCH3 is 2. The van der Waals surface area contributed by atoms with Gasteiger partial charge in [-0.2, -0.15) is 0 Å². The third-order valence-electron chi connectivity index (χ3n) is 6.89. The largest absolute Gasteiger partial charge is 0.493 e. The van der Waals surface area contributed by atoms with Gasteiger partial charge >= 0.3 is 0 Å². The first-order valence-corrected chi connectivity index (χ1v) is 11.7. The van der Waals surface area contributed by atoms with Crippen molar-refractivity contribution < 1.29 is 23.9 Å². The van der Waals surface area contributed by atoms with Crippen LogP contribution in [0.3, 0.4) is 0 Å². The van der Waals surface area contributed by atoms with Crippen LogP contribution in [-0.2, 0) is 14.4 Å². The maximum Gasteiger partial charge on any atom is 0.266 e. The van der Waals surface area contributed by atoms with Crippen molar-refractivity contribution in [1.29, 1.82) is 0 Å². The number of hydrogen-bond acceptors (Lipinski definition) is 6. The molecular weight excluding hydrogens is 456 g/mol. The molecule has 0 spiro atoms. The summed E-state index contributed by atoms with van der Waals surface area (Å²) < 4.78 is 11.3. The summed E-state index contributed by atoms with van der Waals surface area (Å²) in [4.78, 5) is 35.4. The molecule has 7 nitrogen and oxygen atoms in total. The third kappa shape index (κ3) is 3.24. The lowest BCUT2D eigenvalue weighted by Gasteiger charge is -2.30. The molecular formula is C29H24N2O5. The second kappa shape index (κ2) is 8.70. The number of nitrogens with zero attached hydrogens (tertiary/aromatic N) is 2. The van der Waals surface area contributed by atoms with Crippen molar-refractivity contribution in [2.75, 3.05) is 24.2 Å². The van der Waals surface area contributed by atoms with E-state index in [0.29, 0.717) is 22.7 Å². The van der Waals surface area contributed by atoms with E-state index in [1.807, 2.05) is 78.9 Å². The summed E-state index contributed by atoms with van der Waals surface area (Å²) in [6.45, 7) is 0. The molecule has 0 aliphatic carbocycles. The number of amides is 2. The Morgan fingerprint density at radius 2 is 1.47 bits per heavy atom. The van der Waals surface area contributed by atoms with Crippen molar-refractivity contribution in [3.05, 3.63) is 96.6 Å². The lowest BCUT2D eigenvalue weighted by Crippen LogP contribution is -2.37. The van der Waals surface area contributed by atoms with Gasteiger partial charge < -0.3 is 9.47 Å². The van der Waals surface area contributed by atoms with Gasteiger partial charge in [0, 0.05) is 10.9 Å². The molecule has 0 radical (unpaired) electrons. The number of rotatable bonds is 5. The first-order valence-electron chi connectivity index (χ1n) is 11.7. The van der Waals surface area contributed by atoms with E-state index < -0.39 is 18.1 Å². The standard InChI is InChI=1S/C29H24N2O5/c1-34-23-17-9-15-21(26(23)35-2)25-24-27(36-31(25)19-12-4-3-5-13-19)29(33)30(28(24)32)22-16-8-11-18-10-6-7-14-20(18)22/h3-17,24-25,27H,1-2H3/t24-,25-,27+/m0/s1.